The predicted molar refractivity (Wildman–Crippen MR) is 111 cm³/mol. The summed E-state index contributed by atoms with van der Waals surface area (Å²) in [5.41, 5.74) is 0. The van der Waals surface area contributed by atoms with Crippen molar-refractivity contribution in [3.8, 4) is 0 Å². The Morgan fingerprint density at radius 3 is 2.60 bits per heavy atom. The van der Waals surface area contributed by atoms with Crippen LogP contribution in [-0.4, -0.2) is 40.2 Å². The number of aromatic nitrogens is 1. The van der Waals surface area contributed by atoms with E-state index in [1.165, 1.54) is 4.90 Å². The number of carbonyl (C=O) groups is 3. The highest BCUT2D eigenvalue weighted by atomic mass is 16.3. The van der Waals surface area contributed by atoms with Gasteiger partial charge in [0.05, 0.1) is 19.4 Å². The number of pyridine rings is 1. The Labute approximate surface area is 176 Å². The van der Waals surface area contributed by atoms with Crippen LogP contribution in [0.4, 0.5) is 5.82 Å². The summed E-state index contributed by atoms with van der Waals surface area (Å²) in [6, 6.07) is 8.99. The van der Waals surface area contributed by atoms with E-state index >= 15 is 0 Å². The monoisotopic (exact) mass is 412 g/mol. The molecule has 0 aromatic carbocycles. The Hall–Kier alpha value is -3.16. The Morgan fingerprint density at radius 2 is 1.90 bits per heavy atom. The molecular weight excluding hydrogens is 384 g/mol. The van der Waals surface area contributed by atoms with E-state index in [2.05, 4.69) is 15.6 Å². The maximum atomic E-state index is 12.7. The van der Waals surface area contributed by atoms with Crippen LogP contribution in [0.5, 0.6) is 0 Å². The van der Waals surface area contributed by atoms with Crippen LogP contribution >= 0.6 is 0 Å². The molecule has 8 heteroatoms. The molecule has 0 bridgehead atoms. The van der Waals surface area contributed by atoms with Crippen molar-refractivity contribution in [3.63, 3.8) is 0 Å². The average Bonchev–Trinajstić information content (AvgIpc) is 3.42. The van der Waals surface area contributed by atoms with Gasteiger partial charge < -0.3 is 20.0 Å². The van der Waals surface area contributed by atoms with Gasteiger partial charge in [0.15, 0.2) is 0 Å². The third kappa shape index (κ3) is 7.02. The maximum Gasteiger partial charge on any atom is 0.239 e. The first-order valence-corrected chi connectivity index (χ1v) is 10.4. The lowest BCUT2D eigenvalue weighted by Gasteiger charge is -2.22. The van der Waals surface area contributed by atoms with Crippen LogP contribution in [0.25, 0.3) is 0 Å². The van der Waals surface area contributed by atoms with Crippen molar-refractivity contribution in [2.45, 2.75) is 57.5 Å². The van der Waals surface area contributed by atoms with Crippen LogP contribution in [0.3, 0.4) is 0 Å². The highest BCUT2D eigenvalue weighted by molar-refractivity contribution is 5.90. The molecule has 0 atom stereocenters. The molecule has 2 heterocycles. The van der Waals surface area contributed by atoms with Crippen molar-refractivity contribution < 1.29 is 18.8 Å². The summed E-state index contributed by atoms with van der Waals surface area (Å²) in [5, 5.41) is 5.71. The SMILES string of the molecule is O=C(CCCC(=O)N(CC(=O)NC1CCCC1)Cc1ccco1)Nc1ccccn1. The molecule has 0 spiro atoms. The molecule has 0 saturated heterocycles. The van der Waals surface area contributed by atoms with Gasteiger partial charge in [-0.1, -0.05) is 18.9 Å². The van der Waals surface area contributed by atoms with Crippen molar-refractivity contribution in [1.82, 2.24) is 15.2 Å². The molecule has 3 amide bonds. The summed E-state index contributed by atoms with van der Waals surface area (Å²) in [4.78, 5) is 42.7. The minimum atomic E-state index is -0.196. The maximum absolute atomic E-state index is 12.7. The van der Waals surface area contributed by atoms with Gasteiger partial charge in [0, 0.05) is 25.1 Å². The molecule has 3 rings (SSSR count). The number of nitrogens with zero attached hydrogens (tertiary/aromatic N) is 2. The Balaban J connectivity index is 1.48. The lowest BCUT2D eigenvalue weighted by Crippen LogP contribution is -2.43. The van der Waals surface area contributed by atoms with Crippen molar-refractivity contribution in [2.75, 3.05) is 11.9 Å². The molecule has 2 aromatic rings. The Morgan fingerprint density at radius 1 is 1.07 bits per heavy atom. The van der Waals surface area contributed by atoms with E-state index in [9.17, 15) is 14.4 Å². The summed E-state index contributed by atoms with van der Waals surface area (Å²) in [7, 11) is 0. The summed E-state index contributed by atoms with van der Waals surface area (Å²) in [5.74, 6) is 0.563. The second kappa shape index (κ2) is 11.1. The molecule has 1 aliphatic rings. The highest BCUT2D eigenvalue weighted by Crippen LogP contribution is 2.17. The number of hydrogen-bond acceptors (Lipinski definition) is 5. The summed E-state index contributed by atoms with van der Waals surface area (Å²) < 4.78 is 5.34. The molecule has 2 N–H and O–H groups in total. The van der Waals surface area contributed by atoms with Crippen LogP contribution in [-0.2, 0) is 20.9 Å². The molecule has 0 aliphatic heterocycles. The Kier molecular flexibility index (Phi) is 8.00. The fraction of sp³-hybridized carbons (Fsp3) is 0.455. The molecule has 30 heavy (non-hydrogen) atoms. The third-order valence-electron chi connectivity index (χ3n) is 5.06. The molecule has 1 aliphatic carbocycles. The quantitative estimate of drug-likeness (QED) is 0.624. The largest absolute Gasteiger partial charge is 0.467 e. The van der Waals surface area contributed by atoms with E-state index in [0.717, 1.165) is 25.7 Å². The van der Waals surface area contributed by atoms with Crippen LogP contribution in [0.15, 0.2) is 47.2 Å². The van der Waals surface area contributed by atoms with E-state index in [0.29, 0.717) is 18.0 Å². The van der Waals surface area contributed by atoms with Crippen LogP contribution in [0.2, 0.25) is 0 Å². The van der Waals surface area contributed by atoms with Gasteiger partial charge in [-0.2, -0.15) is 0 Å². The first-order valence-electron chi connectivity index (χ1n) is 10.4. The number of rotatable bonds is 10. The second-order valence-corrected chi connectivity index (χ2v) is 7.49. The molecule has 1 saturated carbocycles. The molecule has 2 aromatic heterocycles. The minimum absolute atomic E-state index is 0.0177. The number of anilines is 1. The second-order valence-electron chi connectivity index (χ2n) is 7.49. The van der Waals surface area contributed by atoms with Gasteiger partial charge in [-0.05, 0) is 43.5 Å². The lowest BCUT2D eigenvalue weighted by molar-refractivity contribution is -0.137. The number of nitrogens with one attached hydrogen (secondary N) is 2. The smallest absolute Gasteiger partial charge is 0.239 e. The first kappa shape index (κ1) is 21.5. The van der Waals surface area contributed by atoms with Crippen molar-refractivity contribution in [3.05, 3.63) is 48.6 Å². The van der Waals surface area contributed by atoms with Gasteiger partial charge in [0.2, 0.25) is 17.7 Å². The van der Waals surface area contributed by atoms with Gasteiger partial charge in [0.25, 0.3) is 0 Å². The third-order valence-corrected chi connectivity index (χ3v) is 5.06. The molecule has 0 radical (unpaired) electrons. The van der Waals surface area contributed by atoms with E-state index < -0.39 is 0 Å². The first-order chi connectivity index (χ1) is 14.6. The van der Waals surface area contributed by atoms with Crippen LogP contribution in [0, 0.1) is 0 Å². The molecule has 160 valence electrons. The highest BCUT2D eigenvalue weighted by Gasteiger charge is 2.22. The zero-order chi connectivity index (χ0) is 21.2. The van der Waals surface area contributed by atoms with Crippen LogP contribution < -0.4 is 10.6 Å². The van der Waals surface area contributed by atoms with E-state index in [1.54, 1.807) is 42.8 Å². The van der Waals surface area contributed by atoms with E-state index in [4.69, 9.17) is 4.42 Å². The molecule has 8 nitrogen and oxygen atoms in total. The van der Waals surface area contributed by atoms with E-state index in [-0.39, 0.29) is 49.7 Å². The van der Waals surface area contributed by atoms with Gasteiger partial charge in [-0.3, -0.25) is 14.4 Å². The molecule has 1 fully saturated rings. The standard InChI is InChI=1S/C22H28N4O4/c27-20(25-19-10-3-4-13-23-19)11-5-12-22(29)26(15-18-9-6-14-30-18)16-21(28)24-17-7-1-2-8-17/h3-4,6,9-10,13-14,17H,1-2,5,7-8,11-12,15-16H2,(H,24,28)(H,23,25,27). The van der Waals surface area contributed by atoms with Gasteiger partial charge in [-0.15, -0.1) is 0 Å². The fourth-order valence-corrected chi connectivity index (χ4v) is 3.54. The Bertz CT molecular complexity index is 817. The van der Waals surface area contributed by atoms with Gasteiger partial charge in [0.1, 0.15) is 11.6 Å². The lowest BCUT2D eigenvalue weighted by atomic mass is 10.2. The minimum Gasteiger partial charge on any atom is -0.467 e. The zero-order valence-corrected chi connectivity index (χ0v) is 17.0. The normalized spacial score (nSPS) is 13.7. The van der Waals surface area contributed by atoms with Gasteiger partial charge >= 0.3 is 0 Å². The number of furan rings is 1. The van der Waals surface area contributed by atoms with Crippen LogP contribution in [0.1, 0.15) is 50.7 Å². The van der Waals surface area contributed by atoms with Crippen molar-refractivity contribution in [2.24, 2.45) is 0 Å². The number of carbonyl (C=O) groups excluding carboxylic acids is 3. The van der Waals surface area contributed by atoms with Crippen molar-refractivity contribution >= 4 is 23.5 Å². The summed E-state index contributed by atoms with van der Waals surface area (Å²) in [6.07, 6.45) is 8.13. The van der Waals surface area contributed by atoms with E-state index in [1.807, 2.05) is 0 Å². The molecular formula is C22H28N4O4. The van der Waals surface area contributed by atoms with Gasteiger partial charge in [-0.25, -0.2) is 4.98 Å². The molecule has 0 unspecified atom stereocenters. The number of hydrogen-bond donors (Lipinski definition) is 2. The predicted octanol–water partition coefficient (Wildman–Crippen LogP) is 2.87. The summed E-state index contributed by atoms with van der Waals surface area (Å²) in [6.45, 7) is 0.209. The summed E-state index contributed by atoms with van der Waals surface area (Å²) >= 11 is 0. The zero-order valence-electron chi connectivity index (χ0n) is 17.0. The average molecular weight is 412 g/mol. The topological polar surface area (TPSA) is 105 Å². The van der Waals surface area contributed by atoms with Crippen molar-refractivity contribution in [1.29, 1.82) is 0 Å². The fourth-order valence-electron chi connectivity index (χ4n) is 3.54. The number of amides is 3.